The van der Waals surface area contributed by atoms with Gasteiger partial charge in [0.25, 0.3) is 5.91 Å². The Hall–Kier alpha value is -1.64. The lowest BCUT2D eigenvalue weighted by Crippen LogP contribution is -2.44. The van der Waals surface area contributed by atoms with Crippen molar-refractivity contribution >= 4 is 15.9 Å². The van der Waals surface area contributed by atoms with E-state index >= 15 is 0 Å². The van der Waals surface area contributed by atoms with E-state index in [2.05, 4.69) is 6.92 Å². The van der Waals surface area contributed by atoms with Gasteiger partial charge in [0.2, 0.25) is 10.0 Å². The molecule has 8 heteroatoms. The van der Waals surface area contributed by atoms with Gasteiger partial charge in [-0.05, 0) is 43.5 Å². The van der Waals surface area contributed by atoms with Crippen molar-refractivity contribution in [1.29, 1.82) is 0 Å². The molecule has 7 nitrogen and oxygen atoms in total. The number of amides is 1. The molecule has 1 unspecified atom stereocenters. The highest BCUT2D eigenvalue weighted by Crippen LogP contribution is 2.27. The summed E-state index contributed by atoms with van der Waals surface area (Å²) in [7, 11) is -3.78. The highest BCUT2D eigenvalue weighted by Gasteiger charge is 2.39. The summed E-state index contributed by atoms with van der Waals surface area (Å²) in [5.74, 6) is -0.0888. The molecule has 1 saturated heterocycles. The maximum Gasteiger partial charge on any atom is 0.261 e. The van der Waals surface area contributed by atoms with Crippen molar-refractivity contribution < 1.29 is 23.2 Å². The lowest BCUT2D eigenvalue weighted by Gasteiger charge is -2.22. The molecule has 0 spiro atoms. The Labute approximate surface area is 136 Å². The van der Waals surface area contributed by atoms with Crippen LogP contribution in [0.4, 0.5) is 0 Å². The number of hydroxylamine groups is 1. The largest absolute Gasteiger partial charge is 0.494 e. The van der Waals surface area contributed by atoms with Crippen LogP contribution < -0.4 is 10.2 Å². The van der Waals surface area contributed by atoms with Gasteiger partial charge in [0, 0.05) is 6.54 Å². The Morgan fingerprint density at radius 2 is 2.09 bits per heavy atom. The fourth-order valence-electron chi connectivity index (χ4n) is 2.54. The molecule has 23 heavy (non-hydrogen) atoms. The Morgan fingerprint density at radius 3 is 2.70 bits per heavy atom. The summed E-state index contributed by atoms with van der Waals surface area (Å²) in [6, 6.07) is 5.30. The van der Waals surface area contributed by atoms with Crippen LogP contribution in [0.1, 0.15) is 32.6 Å². The van der Waals surface area contributed by atoms with Crippen LogP contribution in [-0.4, -0.2) is 43.0 Å². The molecule has 0 aliphatic carbocycles. The minimum Gasteiger partial charge on any atom is -0.494 e. The molecule has 128 valence electrons. The summed E-state index contributed by atoms with van der Waals surface area (Å²) in [5.41, 5.74) is 1.53. The Balaban J connectivity index is 2.14. The molecular formula is C15H22N2O5S. The van der Waals surface area contributed by atoms with Crippen molar-refractivity contribution in [3.05, 3.63) is 24.3 Å². The van der Waals surface area contributed by atoms with E-state index in [-0.39, 0.29) is 11.4 Å². The summed E-state index contributed by atoms with van der Waals surface area (Å²) in [6.45, 7) is 2.91. The van der Waals surface area contributed by atoms with Gasteiger partial charge in [-0.2, -0.15) is 4.31 Å². The second-order valence-electron chi connectivity index (χ2n) is 5.42. The van der Waals surface area contributed by atoms with Gasteiger partial charge in [-0.1, -0.05) is 13.3 Å². The molecule has 2 rings (SSSR count). The first-order chi connectivity index (χ1) is 11.0. The Bertz CT molecular complexity index is 630. The highest BCUT2D eigenvalue weighted by molar-refractivity contribution is 7.89. The van der Waals surface area contributed by atoms with Crippen LogP contribution in [0.2, 0.25) is 0 Å². The average molecular weight is 342 g/mol. The maximum atomic E-state index is 12.7. The number of ether oxygens (including phenoxy) is 1. The number of hydrogen-bond acceptors (Lipinski definition) is 5. The Morgan fingerprint density at radius 1 is 1.39 bits per heavy atom. The zero-order valence-corrected chi connectivity index (χ0v) is 13.9. The number of carbonyl (C=O) groups is 1. The van der Waals surface area contributed by atoms with Crippen LogP contribution in [0.5, 0.6) is 5.75 Å². The molecule has 1 heterocycles. The first-order valence-electron chi connectivity index (χ1n) is 7.69. The molecule has 1 aromatic carbocycles. The van der Waals surface area contributed by atoms with Crippen molar-refractivity contribution in [2.45, 2.75) is 43.5 Å². The average Bonchev–Trinajstić information content (AvgIpc) is 3.05. The van der Waals surface area contributed by atoms with E-state index in [0.29, 0.717) is 25.2 Å². The van der Waals surface area contributed by atoms with E-state index in [0.717, 1.165) is 17.1 Å². The second kappa shape index (κ2) is 7.76. The predicted molar refractivity (Wildman–Crippen MR) is 83.7 cm³/mol. The van der Waals surface area contributed by atoms with Crippen molar-refractivity contribution in [3.63, 3.8) is 0 Å². The molecule has 1 aliphatic heterocycles. The minimum absolute atomic E-state index is 0.109. The second-order valence-corrected chi connectivity index (χ2v) is 7.31. The molecule has 1 fully saturated rings. The maximum absolute atomic E-state index is 12.7. The molecule has 1 aromatic rings. The lowest BCUT2D eigenvalue weighted by molar-refractivity contribution is -0.132. The molecule has 1 aliphatic rings. The molecule has 0 bridgehead atoms. The molecule has 1 atom stereocenters. The third-order valence-electron chi connectivity index (χ3n) is 3.81. The zero-order chi connectivity index (χ0) is 16.9. The van der Waals surface area contributed by atoms with E-state index in [9.17, 15) is 13.2 Å². The number of rotatable bonds is 7. The third kappa shape index (κ3) is 4.01. The molecule has 0 radical (unpaired) electrons. The van der Waals surface area contributed by atoms with Gasteiger partial charge in [0.05, 0.1) is 11.5 Å². The fourth-order valence-corrected chi connectivity index (χ4v) is 4.20. The molecule has 1 amide bonds. The number of nitrogens with zero attached hydrogens (tertiary/aromatic N) is 1. The van der Waals surface area contributed by atoms with E-state index < -0.39 is 22.0 Å². The number of nitrogens with one attached hydrogen (secondary N) is 1. The van der Waals surface area contributed by atoms with Gasteiger partial charge >= 0.3 is 0 Å². The van der Waals surface area contributed by atoms with Gasteiger partial charge in [0.1, 0.15) is 11.8 Å². The third-order valence-corrected chi connectivity index (χ3v) is 5.74. The van der Waals surface area contributed by atoms with E-state index in [1.165, 1.54) is 17.6 Å². The van der Waals surface area contributed by atoms with Gasteiger partial charge in [-0.15, -0.1) is 0 Å². The standard InChI is InChI=1S/C15H22N2O5S/c1-2-3-11-22-12-6-8-13(9-7-12)23(20,21)17-10-4-5-14(17)15(18)16-19/h6-9,14,19H,2-5,10-11H2,1H3,(H,16,18). The summed E-state index contributed by atoms with van der Waals surface area (Å²) in [5, 5.41) is 8.75. The number of benzene rings is 1. The van der Waals surface area contributed by atoms with E-state index in [4.69, 9.17) is 9.94 Å². The van der Waals surface area contributed by atoms with Crippen molar-refractivity contribution in [2.24, 2.45) is 0 Å². The normalized spacial score (nSPS) is 18.8. The quantitative estimate of drug-likeness (QED) is 0.445. The first kappa shape index (κ1) is 17.7. The molecular weight excluding hydrogens is 320 g/mol. The molecule has 2 N–H and O–H groups in total. The van der Waals surface area contributed by atoms with Crippen LogP contribution in [0.25, 0.3) is 0 Å². The van der Waals surface area contributed by atoms with Crippen LogP contribution >= 0.6 is 0 Å². The highest BCUT2D eigenvalue weighted by atomic mass is 32.2. The topological polar surface area (TPSA) is 95.9 Å². The Kier molecular flexibility index (Phi) is 5.97. The number of hydrogen-bond donors (Lipinski definition) is 2. The van der Waals surface area contributed by atoms with Gasteiger partial charge in [-0.3, -0.25) is 10.0 Å². The molecule has 0 aromatic heterocycles. The number of unbranched alkanes of at least 4 members (excludes halogenated alkanes) is 1. The fraction of sp³-hybridized carbons (Fsp3) is 0.533. The smallest absolute Gasteiger partial charge is 0.261 e. The van der Waals surface area contributed by atoms with Gasteiger partial charge in [0.15, 0.2) is 0 Å². The van der Waals surface area contributed by atoms with Crippen molar-refractivity contribution in [1.82, 2.24) is 9.79 Å². The predicted octanol–water partition coefficient (Wildman–Crippen LogP) is 1.52. The van der Waals surface area contributed by atoms with Crippen LogP contribution in [-0.2, 0) is 14.8 Å². The zero-order valence-electron chi connectivity index (χ0n) is 13.1. The summed E-state index contributed by atoms with van der Waals surface area (Å²) >= 11 is 0. The van der Waals surface area contributed by atoms with E-state index in [1.54, 1.807) is 12.1 Å². The lowest BCUT2D eigenvalue weighted by atomic mass is 10.2. The van der Waals surface area contributed by atoms with Gasteiger partial charge < -0.3 is 4.74 Å². The monoisotopic (exact) mass is 342 g/mol. The van der Waals surface area contributed by atoms with Crippen LogP contribution in [0.3, 0.4) is 0 Å². The SMILES string of the molecule is CCCCOc1ccc(S(=O)(=O)N2CCCC2C(=O)NO)cc1. The summed E-state index contributed by atoms with van der Waals surface area (Å²) in [4.78, 5) is 11.7. The van der Waals surface area contributed by atoms with Crippen molar-refractivity contribution in [2.75, 3.05) is 13.2 Å². The summed E-state index contributed by atoms with van der Waals surface area (Å²) < 4.78 is 32.0. The van der Waals surface area contributed by atoms with Crippen molar-refractivity contribution in [3.8, 4) is 5.75 Å². The van der Waals surface area contributed by atoms with Crippen LogP contribution in [0.15, 0.2) is 29.2 Å². The van der Waals surface area contributed by atoms with Crippen LogP contribution in [0, 0.1) is 0 Å². The van der Waals surface area contributed by atoms with E-state index in [1.807, 2.05) is 0 Å². The molecule has 0 saturated carbocycles. The van der Waals surface area contributed by atoms with Gasteiger partial charge in [-0.25, -0.2) is 13.9 Å². The summed E-state index contributed by atoms with van der Waals surface area (Å²) in [6.07, 6.45) is 2.93. The first-order valence-corrected chi connectivity index (χ1v) is 9.13. The minimum atomic E-state index is -3.78. The number of carbonyl (C=O) groups excluding carboxylic acids is 1. The number of sulfonamides is 1.